The molecule has 2 aromatic carbocycles. The molecule has 0 spiro atoms. The van der Waals surface area contributed by atoms with E-state index >= 15 is 0 Å². The lowest BCUT2D eigenvalue weighted by atomic mass is 9.92. The van der Waals surface area contributed by atoms with Gasteiger partial charge < -0.3 is 10.1 Å². The summed E-state index contributed by atoms with van der Waals surface area (Å²) in [5, 5.41) is 11.0. The van der Waals surface area contributed by atoms with Crippen LogP contribution in [0.3, 0.4) is 0 Å². The third kappa shape index (κ3) is 2.83. The number of aromatic amines is 1. The van der Waals surface area contributed by atoms with Crippen LogP contribution in [0.25, 0.3) is 11.3 Å². The Morgan fingerprint density at radius 3 is 2.08 bits per heavy atom. The molecule has 4 heteroatoms. The predicted octanol–water partition coefficient (Wildman–Crippen LogP) is 4.47. The van der Waals surface area contributed by atoms with E-state index in [-0.39, 0.29) is 10.7 Å². The van der Waals surface area contributed by atoms with E-state index in [9.17, 15) is 10.1 Å². The van der Waals surface area contributed by atoms with E-state index in [2.05, 4.69) is 47.4 Å². The molecule has 1 aromatic heterocycles. The number of nitro groups is 1. The van der Waals surface area contributed by atoms with Crippen molar-refractivity contribution < 1.29 is 4.92 Å². The summed E-state index contributed by atoms with van der Waals surface area (Å²) >= 11 is 0. The Hall–Kier alpha value is -2.88. The molecule has 3 aromatic rings. The third-order valence-electron chi connectivity index (χ3n) is 4.74. The van der Waals surface area contributed by atoms with Gasteiger partial charge in [0.25, 0.3) is 0 Å². The number of H-pyrrole nitrogens is 1. The van der Waals surface area contributed by atoms with Crippen molar-refractivity contribution >= 4 is 5.82 Å². The summed E-state index contributed by atoms with van der Waals surface area (Å²) in [5.74, 6) is 0.0392. The average molecular weight is 318 g/mol. The van der Waals surface area contributed by atoms with E-state index in [0.717, 1.165) is 36.9 Å². The van der Waals surface area contributed by atoms with Gasteiger partial charge in [0.2, 0.25) is 0 Å². The van der Waals surface area contributed by atoms with Crippen molar-refractivity contribution in [2.45, 2.75) is 25.7 Å². The number of hydrogen-bond acceptors (Lipinski definition) is 2. The number of aromatic nitrogens is 1. The lowest BCUT2D eigenvalue weighted by Crippen LogP contribution is -2.00. The largest absolute Gasteiger partial charge is 0.358 e. The normalized spacial score (nSPS) is 13.5. The van der Waals surface area contributed by atoms with Gasteiger partial charge in [-0.15, -0.1) is 0 Å². The predicted molar refractivity (Wildman–Crippen MR) is 94.1 cm³/mol. The summed E-state index contributed by atoms with van der Waals surface area (Å²) in [6.45, 7) is 0. The SMILES string of the molecule is O=[N+]([O-])c1ccc(-c2cc3ccc2CCc2ccc(cc2)CC3)[nH]1. The second kappa shape index (κ2) is 5.96. The van der Waals surface area contributed by atoms with Gasteiger partial charge >= 0.3 is 5.82 Å². The molecule has 0 unspecified atom stereocenters. The Morgan fingerprint density at radius 2 is 1.42 bits per heavy atom. The summed E-state index contributed by atoms with van der Waals surface area (Å²) in [5.41, 5.74) is 7.06. The monoisotopic (exact) mass is 318 g/mol. The fraction of sp³-hybridized carbons (Fsp3) is 0.200. The second-order valence-corrected chi connectivity index (χ2v) is 6.32. The first kappa shape index (κ1) is 14.7. The first-order valence-electron chi connectivity index (χ1n) is 8.22. The Morgan fingerprint density at radius 1 is 0.792 bits per heavy atom. The van der Waals surface area contributed by atoms with Gasteiger partial charge in [-0.2, -0.15) is 0 Å². The van der Waals surface area contributed by atoms with Crippen LogP contribution < -0.4 is 0 Å². The summed E-state index contributed by atoms with van der Waals surface area (Å²) in [4.78, 5) is 13.5. The van der Waals surface area contributed by atoms with Crippen LogP contribution in [0, 0.1) is 10.1 Å². The van der Waals surface area contributed by atoms with Crippen LogP contribution in [0.15, 0.2) is 54.6 Å². The molecule has 0 saturated carbocycles. The van der Waals surface area contributed by atoms with Crippen LogP contribution in [0.1, 0.15) is 22.3 Å². The maximum absolute atomic E-state index is 11.0. The molecule has 1 heterocycles. The summed E-state index contributed by atoms with van der Waals surface area (Å²) in [6, 6.07) is 18.7. The first-order valence-corrected chi connectivity index (χ1v) is 8.22. The quantitative estimate of drug-likeness (QED) is 0.559. The van der Waals surface area contributed by atoms with Crippen molar-refractivity contribution in [1.82, 2.24) is 4.98 Å². The fourth-order valence-electron chi connectivity index (χ4n) is 3.34. The minimum absolute atomic E-state index is 0.0392. The molecule has 4 bridgehead atoms. The Bertz CT molecular complexity index is 894. The van der Waals surface area contributed by atoms with Crippen LogP contribution in [0.5, 0.6) is 0 Å². The zero-order valence-corrected chi connectivity index (χ0v) is 13.3. The van der Waals surface area contributed by atoms with E-state index in [0.29, 0.717) is 0 Å². The van der Waals surface area contributed by atoms with Crippen molar-refractivity contribution in [3.05, 3.63) is 87.0 Å². The summed E-state index contributed by atoms with van der Waals surface area (Å²) < 4.78 is 0. The molecule has 7 rings (SSSR count). The van der Waals surface area contributed by atoms with E-state index in [1.54, 1.807) is 6.07 Å². The number of rotatable bonds is 2. The zero-order valence-electron chi connectivity index (χ0n) is 13.3. The minimum atomic E-state index is -0.383. The highest BCUT2D eigenvalue weighted by Gasteiger charge is 2.15. The third-order valence-corrected chi connectivity index (χ3v) is 4.74. The molecule has 0 fully saturated rings. The van der Waals surface area contributed by atoms with Crippen LogP contribution in [0.2, 0.25) is 0 Å². The molecule has 4 aliphatic rings. The molecule has 0 atom stereocenters. The van der Waals surface area contributed by atoms with Crippen LogP contribution in [0.4, 0.5) is 5.82 Å². The van der Waals surface area contributed by atoms with Crippen molar-refractivity contribution in [2.75, 3.05) is 0 Å². The van der Waals surface area contributed by atoms with Gasteiger partial charge in [-0.3, -0.25) is 0 Å². The Balaban J connectivity index is 1.76. The number of aryl methyl sites for hydroxylation is 4. The van der Waals surface area contributed by atoms with E-state index in [1.165, 1.54) is 28.3 Å². The van der Waals surface area contributed by atoms with E-state index in [1.807, 2.05) is 0 Å². The standard InChI is InChI=1S/C20H18N2O2/c23-22(24)20-12-11-19(21-20)18-13-16-6-5-14-1-3-15(4-2-14)7-9-17(18)10-8-16/h1-4,8,10-13,21H,5-7,9H2. The van der Waals surface area contributed by atoms with Gasteiger partial charge in [0, 0.05) is 11.6 Å². The molecule has 120 valence electrons. The van der Waals surface area contributed by atoms with Crippen molar-refractivity contribution in [3.8, 4) is 11.3 Å². The lowest BCUT2D eigenvalue weighted by molar-refractivity contribution is -0.389. The van der Waals surface area contributed by atoms with Crippen LogP contribution in [-0.2, 0) is 25.7 Å². The molecule has 1 N–H and O–H groups in total. The van der Waals surface area contributed by atoms with Crippen LogP contribution in [-0.4, -0.2) is 9.91 Å². The Labute approximate surface area is 140 Å². The maximum Gasteiger partial charge on any atom is 0.321 e. The highest BCUT2D eigenvalue weighted by molar-refractivity contribution is 5.66. The molecule has 0 saturated heterocycles. The number of nitrogens with one attached hydrogen (secondary N) is 1. The number of nitrogens with zero attached hydrogens (tertiary/aromatic N) is 1. The molecule has 4 nitrogen and oxygen atoms in total. The van der Waals surface area contributed by atoms with E-state index in [4.69, 9.17) is 0 Å². The first-order chi connectivity index (χ1) is 11.7. The minimum Gasteiger partial charge on any atom is -0.358 e. The topological polar surface area (TPSA) is 58.9 Å². The second-order valence-electron chi connectivity index (χ2n) is 6.32. The average Bonchev–Trinajstić information content (AvgIpc) is 3.07. The smallest absolute Gasteiger partial charge is 0.321 e. The Kier molecular flexibility index (Phi) is 3.65. The van der Waals surface area contributed by atoms with Gasteiger partial charge in [-0.05, 0) is 65.0 Å². The van der Waals surface area contributed by atoms with Gasteiger partial charge in [0.15, 0.2) is 0 Å². The fourth-order valence-corrected chi connectivity index (χ4v) is 3.34. The van der Waals surface area contributed by atoms with Gasteiger partial charge in [0.1, 0.15) is 5.69 Å². The molecule has 24 heavy (non-hydrogen) atoms. The lowest BCUT2D eigenvalue weighted by Gasteiger charge is -2.13. The molecular formula is C20H18N2O2. The van der Waals surface area contributed by atoms with Crippen molar-refractivity contribution in [3.63, 3.8) is 0 Å². The summed E-state index contributed by atoms with van der Waals surface area (Å²) in [7, 11) is 0. The van der Waals surface area contributed by atoms with Gasteiger partial charge in [-0.1, -0.05) is 36.4 Å². The number of hydrogen-bond donors (Lipinski definition) is 1. The molecule has 4 aliphatic carbocycles. The molecule has 0 amide bonds. The molecule has 0 radical (unpaired) electrons. The van der Waals surface area contributed by atoms with E-state index < -0.39 is 0 Å². The number of benzene rings is 2. The zero-order chi connectivity index (χ0) is 16.5. The molecular weight excluding hydrogens is 300 g/mol. The van der Waals surface area contributed by atoms with Gasteiger partial charge in [0.05, 0.1) is 0 Å². The summed E-state index contributed by atoms with van der Waals surface area (Å²) in [6.07, 6.45) is 3.86. The van der Waals surface area contributed by atoms with Crippen LogP contribution >= 0.6 is 0 Å². The van der Waals surface area contributed by atoms with Gasteiger partial charge in [-0.25, -0.2) is 4.98 Å². The highest BCUT2D eigenvalue weighted by Crippen LogP contribution is 2.28. The maximum atomic E-state index is 11.0. The van der Waals surface area contributed by atoms with Crippen molar-refractivity contribution in [2.24, 2.45) is 0 Å². The highest BCUT2D eigenvalue weighted by atomic mass is 16.6. The van der Waals surface area contributed by atoms with Crippen molar-refractivity contribution in [1.29, 1.82) is 0 Å². The molecule has 0 aliphatic heterocycles.